The molecule has 0 N–H and O–H groups in total. The monoisotopic (exact) mass is 208 g/mol. The Kier molecular flexibility index (Phi) is 4.62. The first kappa shape index (κ1) is 8.84. The van der Waals surface area contributed by atoms with Crippen molar-refractivity contribution < 1.29 is 19.5 Å². The third kappa shape index (κ3) is 2.76. The summed E-state index contributed by atoms with van der Waals surface area (Å²) in [6, 6.07) is 11.2. The molecule has 1 aromatic carbocycles. The minimum absolute atomic E-state index is 0. The molecule has 1 aromatic rings. The molecule has 0 atom stereocenters. The topological polar surface area (TPSA) is 0 Å². The summed E-state index contributed by atoms with van der Waals surface area (Å²) in [7, 11) is 0. The molecule has 0 aliphatic heterocycles. The second-order valence-electron chi connectivity index (χ2n) is 1.74. The predicted molar refractivity (Wildman–Crippen MR) is 34.7 cm³/mol. The zero-order valence-electron chi connectivity index (χ0n) is 5.35. The normalized spacial score (nSPS) is 8.11. The zero-order valence-corrected chi connectivity index (χ0v) is 6.99. The summed E-state index contributed by atoms with van der Waals surface area (Å²) in [4.78, 5) is 0. The van der Waals surface area contributed by atoms with Crippen molar-refractivity contribution in [2.24, 2.45) is 0 Å². The van der Waals surface area contributed by atoms with Crippen LogP contribution in [-0.4, -0.2) is 0 Å². The van der Waals surface area contributed by atoms with Gasteiger partial charge in [0.15, 0.2) is 0 Å². The van der Waals surface area contributed by atoms with Gasteiger partial charge in [-0.05, 0) is 0 Å². The Morgan fingerprint density at radius 3 is 2.56 bits per heavy atom. The van der Waals surface area contributed by atoms with Gasteiger partial charge < -0.3 is 0 Å². The molecule has 0 bridgehead atoms. The van der Waals surface area contributed by atoms with Crippen LogP contribution in [0.5, 0.6) is 0 Å². The molecule has 0 aliphatic carbocycles. The average molecular weight is 208 g/mol. The summed E-state index contributed by atoms with van der Waals surface area (Å²) >= 11 is 0. The number of hydrogen-bond acceptors (Lipinski definition) is 0. The molecule has 0 spiro atoms. The van der Waals surface area contributed by atoms with Crippen LogP contribution in [0.25, 0.3) is 0 Å². The summed E-state index contributed by atoms with van der Waals surface area (Å²) in [6.45, 7) is 2.13. The first-order chi connectivity index (χ1) is 3.93. The minimum atomic E-state index is 0. The SMILES string of the molecule is CCc1[c-]cccc1.[Rh+2]. The second-order valence-corrected chi connectivity index (χ2v) is 1.74. The minimum Gasteiger partial charge on any atom is -0.180 e. The van der Waals surface area contributed by atoms with E-state index in [1.54, 1.807) is 0 Å². The standard InChI is InChI=1S/C8H9.Rh/c1-2-8-6-4-3-5-7-8;/h3-6H,2H2,1H3;/q-1;+2. The van der Waals surface area contributed by atoms with Crippen LogP contribution >= 0.6 is 0 Å². The molecular formula is C8H9Rh+. The number of rotatable bonds is 1. The molecule has 9 heavy (non-hydrogen) atoms. The van der Waals surface area contributed by atoms with Crippen LogP contribution in [0.3, 0.4) is 0 Å². The zero-order chi connectivity index (χ0) is 5.82. The molecule has 0 aromatic heterocycles. The van der Waals surface area contributed by atoms with Gasteiger partial charge in [-0.25, -0.2) is 0 Å². The van der Waals surface area contributed by atoms with E-state index in [-0.39, 0.29) is 19.5 Å². The largest absolute Gasteiger partial charge is 2.00 e. The summed E-state index contributed by atoms with van der Waals surface area (Å²) < 4.78 is 0. The van der Waals surface area contributed by atoms with Crippen molar-refractivity contribution in [3.63, 3.8) is 0 Å². The molecule has 1 rings (SSSR count). The van der Waals surface area contributed by atoms with Crippen molar-refractivity contribution in [1.82, 2.24) is 0 Å². The molecular weight excluding hydrogens is 199 g/mol. The predicted octanol–water partition coefficient (Wildman–Crippen LogP) is 2.05. The number of aryl methyl sites for hydroxylation is 1. The summed E-state index contributed by atoms with van der Waals surface area (Å²) in [5, 5.41) is 0. The van der Waals surface area contributed by atoms with Gasteiger partial charge in [-0.1, -0.05) is 13.3 Å². The van der Waals surface area contributed by atoms with Crippen LogP contribution in [-0.2, 0) is 25.9 Å². The van der Waals surface area contributed by atoms with E-state index in [2.05, 4.69) is 19.1 Å². The molecule has 0 saturated heterocycles. The summed E-state index contributed by atoms with van der Waals surface area (Å²) in [5.74, 6) is 0. The van der Waals surface area contributed by atoms with Gasteiger partial charge in [0.1, 0.15) is 0 Å². The van der Waals surface area contributed by atoms with E-state index < -0.39 is 0 Å². The maximum atomic E-state index is 3.12. The van der Waals surface area contributed by atoms with E-state index >= 15 is 0 Å². The first-order valence-electron chi connectivity index (χ1n) is 2.89. The van der Waals surface area contributed by atoms with E-state index in [4.69, 9.17) is 0 Å². The molecule has 0 heterocycles. The van der Waals surface area contributed by atoms with Crippen molar-refractivity contribution in [3.8, 4) is 0 Å². The third-order valence-electron chi connectivity index (χ3n) is 1.15. The van der Waals surface area contributed by atoms with Crippen molar-refractivity contribution in [3.05, 3.63) is 35.9 Å². The van der Waals surface area contributed by atoms with Crippen LogP contribution in [0.15, 0.2) is 24.3 Å². The van der Waals surface area contributed by atoms with Crippen LogP contribution < -0.4 is 0 Å². The first-order valence-corrected chi connectivity index (χ1v) is 2.89. The molecule has 0 fully saturated rings. The van der Waals surface area contributed by atoms with Crippen molar-refractivity contribution in [2.75, 3.05) is 0 Å². The van der Waals surface area contributed by atoms with Crippen molar-refractivity contribution in [2.45, 2.75) is 13.3 Å². The fourth-order valence-corrected chi connectivity index (χ4v) is 0.650. The van der Waals surface area contributed by atoms with Crippen LogP contribution in [0.1, 0.15) is 12.5 Å². The molecule has 0 unspecified atom stereocenters. The van der Waals surface area contributed by atoms with Crippen LogP contribution in [0.2, 0.25) is 0 Å². The molecule has 0 aliphatic rings. The van der Waals surface area contributed by atoms with Crippen molar-refractivity contribution in [1.29, 1.82) is 0 Å². The van der Waals surface area contributed by atoms with E-state index in [1.165, 1.54) is 5.56 Å². The van der Waals surface area contributed by atoms with Crippen LogP contribution in [0, 0.1) is 6.07 Å². The molecule has 49 valence electrons. The van der Waals surface area contributed by atoms with E-state index in [9.17, 15) is 0 Å². The van der Waals surface area contributed by atoms with E-state index in [0.29, 0.717) is 0 Å². The maximum absolute atomic E-state index is 3.12. The average Bonchev–Trinajstić information content (AvgIpc) is 1.90. The Bertz CT molecular complexity index is 146. The van der Waals surface area contributed by atoms with Gasteiger partial charge in [-0.15, -0.1) is 0 Å². The quantitative estimate of drug-likeness (QED) is 0.489. The van der Waals surface area contributed by atoms with E-state index in [0.717, 1.165) is 6.42 Å². The Balaban J connectivity index is 0.000000640. The maximum Gasteiger partial charge on any atom is 2.00 e. The van der Waals surface area contributed by atoms with Crippen molar-refractivity contribution >= 4 is 0 Å². The van der Waals surface area contributed by atoms with Gasteiger partial charge in [0, 0.05) is 0 Å². The number of hydrogen-bond donors (Lipinski definition) is 0. The Morgan fingerprint density at radius 1 is 1.44 bits per heavy atom. The smallest absolute Gasteiger partial charge is 0.180 e. The Labute approximate surface area is 69.0 Å². The van der Waals surface area contributed by atoms with Gasteiger partial charge in [0.25, 0.3) is 0 Å². The van der Waals surface area contributed by atoms with Gasteiger partial charge >= 0.3 is 19.5 Å². The third-order valence-corrected chi connectivity index (χ3v) is 1.15. The van der Waals surface area contributed by atoms with Gasteiger partial charge in [-0.3, -0.25) is 0 Å². The molecule has 1 radical (unpaired) electrons. The van der Waals surface area contributed by atoms with Gasteiger partial charge in [-0.2, -0.15) is 35.9 Å². The summed E-state index contributed by atoms with van der Waals surface area (Å²) in [5.41, 5.74) is 1.28. The fraction of sp³-hybridized carbons (Fsp3) is 0.250. The van der Waals surface area contributed by atoms with E-state index in [1.807, 2.05) is 18.2 Å². The molecule has 0 saturated carbocycles. The fourth-order valence-electron chi connectivity index (χ4n) is 0.650. The Hall–Kier alpha value is -0.157. The molecule has 1 heteroatoms. The molecule has 0 amide bonds. The van der Waals surface area contributed by atoms with Crippen LogP contribution in [0.4, 0.5) is 0 Å². The molecule has 0 nitrogen and oxygen atoms in total. The van der Waals surface area contributed by atoms with Gasteiger partial charge in [0.2, 0.25) is 0 Å². The van der Waals surface area contributed by atoms with Gasteiger partial charge in [0.05, 0.1) is 0 Å². The summed E-state index contributed by atoms with van der Waals surface area (Å²) in [6.07, 6.45) is 1.08. The second kappa shape index (κ2) is 4.70. The number of benzene rings is 1. The Morgan fingerprint density at radius 2 is 2.22 bits per heavy atom.